The van der Waals surface area contributed by atoms with Gasteiger partial charge in [0.1, 0.15) is 6.17 Å². The van der Waals surface area contributed by atoms with Gasteiger partial charge < -0.3 is 4.90 Å². The largest absolute Gasteiger partial charge is 0.318 e. The van der Waals surface area contributed by atoms with Crippen LogP contribution >= 0.6 is 0 Å². The van der Waals surface area contributed by atoms with Crippen LogP contribution in [0.5, 0.6) is 0 Å². The van der Waals surface area contributed by atoms with Crippen LogP contribution in [0.4, 0.5) is 5.69 Å². The molecule has 1 saturated heterocycles. The standard InChI is InChI=1S/C15H19N3O3/c1-3-15(2)14(19)17(11-7-8-11)13(16-15)10-5-4-6-12(9-10)18(20)21/h4-6,9,11,13,16H,3,7-8H2,1-2H3. The SMILES string of the molecule is CCC1(C)NC(c2cccc([N+](=O)[O-])c2)N(C2CC2)C1=O. The van der Waals surface area contributed by atoms with Crippen LogP contribution in [0.1, 0.15) is 44.8 Å². The average Bonchev–Trinajstić information content (AvgIpc) is 3.27. The first-order chi connectivity index (χ1) is 9.96. The normalized spacial score (nSPS) is 29.0. The van der Waals surface area contributed by atoms with Gasteiger partial charge in [-0.3, -0.25) is 20.2 Å². The van der Waals surface area contributed by atoms with Crippen molar-refractivity contribution >= 4 is 11.6 Å². The number of amides is 1. The summed E-state index contributed by atoms with van der Waals surface area (Å²) in [6.07, 6.45) is 2.45. The van der Waals surface area contributed by atoms with E-state index in [0.29, 0.717) is 6.42 Å². The average molecular weight is 289 g/mol. The quantitative estimate of drug-likeness (QED) is 0.682. The van der Waals surface area contributed by atoms with E-state index in [2.05, 4.69) is 5.32 Å². The summed E-state index contributed by atoms with van der Waals surface area (Å²) in [5.74, 6) is 0.101. The Morgan fingerprint density at radius 3 is 2.76 bits per heavy atom. The lowest BCUT2D eigenvalue weighted by Crippen LogP contribution is -2.43. The Labute approximate surface area is 123 Å². The van der Waals surface area contributed by atoms with E-state index in [1.165, 1.54) is 6.07 Å². The minimum atomic E-state index is -0.585. The Balaban J connectivity index is 1.98. The molecule has 1 heterocycles. The third-order valence-electron chi connectivity index (χ3n) is 4.48. The van der Waals surface area contributed by atoms with E-state index >= 15 is 0 Å². The monoisotopic (exact) mass is 289 g/mol. The fourth-order valence-corrected chi connectivity index (χ4v) is 2.87. The fourth-order valence-electron chi connectivity index (χ4n) is 2.87. The highest BCUT2D eigenvalue weighted by Crippen LogP contribution is 2.41. The van der Waals surface area contributed by atoms with Crippen LogP contribution in [0.25, 0.3) is 0 Å². The molecule has 1 amide bonds. The van der Waals surface area contributed by atoms with E-state index in [9.17, 15) is 14.9 Å². The summed E-state index contributed by atoms with van der Waals surface area (Å²) in [7, 11) is 0. The van der Waals surface area contributed by atoms with Crippen molar-refractivity contribution in [2.45, 2.75) is 50.9 Å². The first-order valence-corrected chi connectivity index (χ1v) is 7.31. The number of hydrogen-bond acceptors (Lipinski definition) is 4. The van der Waals surface area contributed by atoms with Crippen molar-refractivity contribution < 1.29 is 9.72 Å². The molecule has 2 unspecified atom stereocenters. The first kappa shape index (κ1) is 14.0. The number of hydrogen-bond donors (Lipinski definition) is 1. The molecule has 1 saturated carbocycles. The number of nitro groups is 1. The number of nitro benzene ring substituents is 1. The molecular formula is C15H19N3O3. The summed E-state index contributed by atoms with van der Waals surface area (Å²) in [6, 6.07) is 6.81. The third kappa shape index (κ3) is 2.29. The highest BCUT2D eigenvalue weighted by atomic mass is 16.6. The van der Waals surface area contributed by atoms with Gasteiger partial charge in [-0.1, -0.05) is 19.1 Å². The van der Waals surface area contributed by atoms with Crippen LogP contribution in [0.2, 0.25) is 0 Å². The zero-order chi connectivity index (χ0) is 15.2. The molecule has 1 aliphatic heterocycles. The van der Waals surface area contributed by atoms with E-state index in [0.717, 1.165) is 18.4 Å². The van der Waals surface area contributed by atoms with Crippen molar-refractivity contribution in [3.8, 4) is 0 Å². The molecule has 0 radical (unpaired) electrons. The second kappa shape index (κ2) is 4.80. The zero-order valence-electron chi connectivity index (χ0n) is 12.2. The number of nitrogens with zero attached hydrogens (tertiary/aromatic N) is 2. The summed E-state index contributed by atoms with van der Waals surface area (Å²) >= 11 is 0. The predicted molar refractivity (Wildman–Crippen MR) is 77.5 cm³/mol. The van der Waals surface area contributed by atoms with Crippen molar-refractivity contribution in [2.75, 3.05) is 0 Å². The minimum Gasteiger partial charge on any atom is -0.318 e. The van der Waals surface area contributed by atoms with Gasteiger partial charge in [0.25, 0.3) is 5.69 Å². The molecule has 2 fully saturated rings. The smallest absolute Gasteiger partial charge is 0.269 e. The highest BCUT2D eigenvalue weighted by molar-refractivity contribution is 5.89. The Kier molecular flexibility index (Phi) is 3.20. The third-order valence-corrected chi connectivity index (χ3v) is 4.48. The van der Waals surface area contributed by atoms with Crippen molar-refractivity contribution in [3.05, 3.63) is 39.9 Å². The maximum atomic E-state index is 12.7. The Hall–Kier alpha value is -1.95. The lowest BCUT2D eigenvalue weighted by atomic mass is 9.99. The molecule has 1 aromatic rings. The van der Waals surface area contributed by atoms with Crippen LogP contribution in [0, 0.1) is 10.1 Å². The highest BCUT2D eigenvalue weighted by Gasteiger charge is 2.52. The molecule has 1 N–H and O–H groups in total. The van der Waals surface area contributed by atoms with Gasteiger partial charge in [-0.25, -0.2) is 0 Å². The molecular weight excluding hydrogens is 270 g/mol. The predicted octanol–water partition coefficient (Wildman–Crippen LogP) is 2.36. The van der Waals surface area contributed by atoms with Crippen LogP contribution in [-0.2, 0) is 4.79 Å². The number of nitrogens with one attached hydrogen (secondary N) is 1. The number of carbonyl (C=O) groups is 1. The molecule has 0 bridgehead atoms. The van der Waals surface area contributed by atoms with Crippen LogP contribution in [0.15, 0.2) is 24.3 Å². The van der Waals surface area contributed by atoms with Gasteiger partial charge in [-0.2, -0.15) is 0 Å². The molecule has 2 aliphatic rings. The van der Waals surface area contributed by atoms with Gasteiger partial charge in [0.05, 0.1) is 10.5 Å². The van der Waals surface area contributed by atoms with Crippen molar-refractivity contribution in [1.29, 1.82) is 0 Å². The van der Waals surface area contributed by atoms with Gasteiger partial charge in [0.2, 0.25) is 5.91 Å². The van der Waals surface area contributed by atoms with Gasteiger partial charge in [0.15, 0.2) is 0 Å². The van der Waals surface area contributed by atoms with E-state index in [1.807, 2.05) is 24.8 Å². The summed E-state index contributed by atoms with van der Waals surface area (Å²) < 4.78 is 0. The van der Waals surface area contributed by atoms with E-state index in [-0.39, 0.29) is 23.8 Å². The second-order valence-electron chi connectivity index (χ2n) is 6.03. The summed E-state index contributed by atoms with van der Waals surface area (Å²) in [5.41, 5.74) is 0.252. The topological polar surface area (TPSA) is 75.5 Å². The molecule has 1 aromatic carbocycles. The van der Waals surface area contributed by atoms with E-state index in [4.69, 9.17) is 0 Å². The molecule has 6 nitrogen and oxygen atoms in total. The Bertz CT molecular complexity index is 600. The van der Waals surface area contributed by atoms with Crippen LogP contribution in [0.3, 0.4) is 0 Å². The lowest BCUT2D eigenvalue weighted by molar-refractivity contribution is -0.385. The molecule has 1 aliphatic carbocycles. The number of rotatable bonds is 4. The van der Waals surface area contributed by atoms with Gasteiger partial charge in [-0.15, -0.1) is 0 Å². The van der Waals surface area contributed by atoms with Gasteiger partial charge in [-0.05, 0) is 31.7 Å². The number of benzene rings is 1. The van der Waals surface area contributed by atoms with E-state index < -0.39 is 10.5 Å². The maximum Gasteiger partial charge on any atom is 0.269 e. The maximum absolute atomic E-state index is 12.7. The summed E-state index contributed by atoms with van der Waals surface area (Å²) in [6.45, 7) is 3.88. The molecule has 0 aromatic heterocycles. The fraction of sp³-hybridized carbons (Fsp3) is 0.533. The Morgan fingerprint density at radius 1 is 1.48 bits per heavy atom. The molecule has 2 atom stereocenters. The van der Waals surface area contributed by atoms with Crippen molar-refractivity contribution in [3.63, 3.8) is 0 Å². The van der Waals surface area contributed by atoms with Gasteiger partial charge in [0, 0.05) is 18.2 Å². The van der Waals surface area contributed by atoms with Crippen molar-refractivity contribution in [2.24, 2.45) is 0 Å². The molecule has 3 rings (SSSR count). The summed E-state index contributed by atoms with van der Waals surface area (Å²) in [4.78, 5) is 25.1. The molecule has 112 valence electrons. The minimum absolute atomic E-state index is 0.0580. The second-order valence-corrected chi connectivity index (χ2v) is 6.03. The van der Waals surface area contributed by atoms with Crippen molar-refractivity contribution in [1.82, 2.24) is 10.2 Å². The molecule has 21 heavy (non-hydrogen) atoms. The lowest BCUT2D eigenvalue weighted by Gasteiger charge is -2.24. The van der Waals surface area contributed by atoms with Crippen LogP contribution in [-0.4, -0.2) is 27.3 Å². The number of non-ortho nitro benzene ring substituents is 1. The van der Waals surface area contributed by atoms with Crippen LogP contribution < -0.4 is 5.32 Å². The zero-order valence-corrected chi connectivity index (χ0v) is 12.2. The first-order valence-electron chi connectivity index (χ1n) is 7.31. The van der Waals surface area contributed by atoms with E-state index in [1.54, 1.807) is 12.1 Å². The molecule has 6 heteroatoms. The van der Waals surface area contributed by atoms with Gasteiger partial charge >= 0.3 is 0 Å². The Morgan fingerprint density at radius 2 is 2.19 bits per heavy atom. The number of carbonyl (C=O) groups excluding carboxylic acids is 1. The summed E-state index contributed by atoms with van der Waals surface area (Å²) in [5, 5.41) is 14.3. The molecule has 0 spiro atoms.